The van der Waals surface area contributed by atoms with Crippen LogP contribution in [0.15, 0.2) is 18.2 Å². The summed E-state index contributed by atoms with van der Waals surface area (Å²) < 4.78 is 13.8. The number of hydrogen-bond donors (Lipinski definition) is 1. The molecule has 1 aromatic rings. The van der Waals surface area contributed by atoms with Gasteiger partial charge >= 0.3 is 0 Å². The third-order valence-electron chi connectivity index (χ3n) is 2.66. The number of para-hydroxylation sites is 1. The van der Waals surface area contributed by atoms with E-state index in [9.17, 15) is 4.39 Å². The molecule has 0 radical (unpaired) electrons. The second-order valence-corrected chi connectivity index (χ2v) is 4.38. The Labute approximate surface area is 102 Å². The van der Waals surface area contributed by atoms with Crippen molar-refractivity contribution >= 4 is 5.69 Å². The maximum Gasteiger partial charge on any atom is 0.146 e. The molecule has 0 saturated carbocycles. The topological polar surface area (TPSA) is 53.0 Å². The van der Waals surface area contributed by atoms with Gasteiger partial charge in [0.05, 0.1) is 17.7 Å². The number of nitrogens with zero attached hydrogens (tertiary/aromatic N) is 2. The standard InChI is InChI=1S/C13H18FN3/c1-9(7-15)8-17(3)13-11(10(2)16)5-4-6-12(13)14/h4-6,9-10H,8,16H2,1-3H3/t9?,10-/m0/s1. The summed E-state index contributed by atoms with van der Waals surface area (Å²) in [7, 11) is 1.78. The van der Waals surface area contributed by atoms with Gasteiger partial charge in [0.15, 0.2) is 0 Å². The lowest BCUT2D eigenvalue weighted by Crippen LogP contribution is -2.26. The minimum absolute atomic E-state index is 0.152. The number of nitrogens with two attached hydrogens (primary N) is 1. The number of nitriles is 1. The molecule has 0 spiro atoms. The average Bonchev–Trinajstić information content (AvgIpc) is 2.28. The van der Waals surface area contributed by atoms with Crippen molar-refractivity contribution < 1.29 is 4.39 Å². The van der Waals surface area contributed by atoms with Crippen LogP contribution >= 0.6 is 0 Å². The summed E-state index contributed by atoms with van der Waals surface area (Å²) in [6.07, 6.45) is 0. The van der Waals surface area contributed by atoms with Gasteiger partial charge in [0.2, 0.25) is 0 Å². The minimum Gasteiger partial charge on any atom is -0.371 e. The molecular weight excluding hydrogens is 217 g/mol. The fourth-order valence-electron chi connectivity index (χ4n) is 1.85. The van der Waals surface area contributed by atoms with E-state index in [2.05, 4.69) is 6.07 Å². The Balaban J connectivity index is 3.07. The van der Waals surface area contributed by atoms with Crippen molar-refractivity contribution in [3.63, 3.8) is 0 Å². The Bertz CT molecular complexity index is 423. The summed E-state index contributed by atoms with van der Waals surface area (Å²) >= 11 is 0. The molecule has 4 heteroatoms. The smallest absolute Gasteiger partial charge is 0.146 e. The summed E-state index contributed by atoms with van der Waals surface area (Å²) in [5, 5.41) is 8.78. The fourth-order valence-corrected chi connectivity index (χ4v) is 1.85. The molecule has 0 amide bonds. The van der Waals surface area contributed by atoms with Gasteiger partial charge in [0.25, 0.3) is 0 Å². The van der Waals surface area contributed by atoms with Crippen LogP contribution in [0.2, 0.25) is 0 Å². The van der Waals surface area contributed by atoms with Gasteiger partial charge in [-0.25, -0.2) is 4.39 Å². The van der Waals surface area contributed by atoms with Gasteiger partial charge in [-0.15, -0.1) is 0 Å². The SMILES string of the molecule is CC(C#N)CN(C)c1c(F)cccc1[C@H](C)N. The van der Waals surface area contributed by atoms with E-state index in [1.54, 1.807) is 18.0 Å². The largest absolute Gasteiger partial charge is 0.371 e. The Kier molecular flexibility index (Phi) is 4.47. The third-order valence-corrected chi connectivity index (χ3v) is 2.66. The average molecular weight is 235 g/mol. The first-order chi connectivity index (χ1) is 7.97. The van der Waals surface area contributed by atoms with E-state index in [0.717, 1.165) is 5.56 Å². The number of hydrogen-bond acceptors (Lipinski definition) is 3. The molecule has 0 aliphatic rings. The van der Waals surface area contributed by atoms with Gasteiger partial charge < -0.3 is 10.6 Å². The van der Waals surface area contributed by atoms with Crippen molar-refractivity contribution in [1.82, 2.24) is 0 Å². The summed E-state index contributed by atoms with van der Waals surface area (Å²) in [4.78, 5) is 1.75. The zero-order valence-electron chi connectivity index (χ0n) is 10.4. The third kappa shape index (κ3) is 3.18. The molecular formula is C13H18FN3. The molecule has 2 N–H and O–H groups in total. The van der Waals surface area contributed by atoms with Crippen LogP contribution in [0.5, 0.6) is 0 Å². The maximum atomic E-state index is 13.8. The molecule has 0 bridgehead atoms. The lowest BCUT2D eigenvalue weighted by Gasteiger charge is -2.25. The normalized spacial score (nSPS) is 13.9. The summed E-state index contributed by atoms with van der Waals surface area (Å²) in [5.41, 5.74) is 7.08. The molecule has 17 heavy (non-hydrogen) atoms. The van der Waals surface area contributed by atoms with E-state index in [4.69, 9.17) is 11.0 Å². The predicted molar refractivity (Wildman–Crippen MR) is 67.0 cm³/mol. The Hall–Kier alpha value is -1.60. The lowest BCUT2D eigenvalue weighted by atomic mass is 10.0. The van der Waals surface area contributed by atoms with E-state index >= 15 is 0 Å². The van der Waals surface area contributed by atoms with Crippen LogP contribution in [0.4, 0.5) is 10.1 Å². The van der Waals surface area contributed by atoms with Gasteiger partial charge in [-0.1, -0.05) is 12.1 Å². The molecule has 1 rings (SSSR count). The zero-order valence-corrected chi connectivity index (χ0v) is 10.4. The maximum absolute atomic E-state index is 13.8. The molecule has 0 aromatic heterocycles. The highest BCUT2D eigenvalue weighted by Gasteiger charge is 2.16. The first-order valence-corrected chi connectivity index (χ1v) is 5.62. The Morgan fingerprint density at radius 2 is 2.12 bits per heavy atom. The molecule has 92 valence electrons. The number of halogens is 1. The molecule has 0 aliphatic carbocycles. The van der Waals surface area contributed by atoms with Crippen molar-refractivity contribution in [2.24, 2.45) is 11.7 Å². The summed E-state index contributed by atoms with van der Waals surface area (Å²) in [6.45, 7) is 4.11. The van der Waals surface area contributed by atoms with Crippen LogP contribution in [0.3, 0.4) is 0 Å². The van der Waals surface area contributed by atoms with Crippen molar-refractivity contribution in [2.75, 3.05) is 18.5 Å². The van der Waals surface area contributed by atoms with Crippen LogP contribution in [0.25, 0.3) is 0 Å². The van der Waals surface area contributed by atoms with Crippen LogP contribution in [-0.2, 0) is 0 Å². The zero-order chi connectivity index (χ0) is 13.0. The van der Waals surface area contributed by atoms with E-state index < -0.39 is 0 Å². The van der Waals surface area contributed by atoms with Crippen molar-refractivity contribution in [3.05, 3.63) is 29.6 Å². The minimum atomic E-state index is -0.299. The molecule has 0 heterocycles. The molecule has 0 saturated heterocycles. The molecule has 3 nitrogen and oxygen atoms in total. The van der Waals surface area contributed by atoms with E-state index in [1.165, 1.54) is 6.07 Å². The first-order valence-electron chi connectivity index (χ1n) is 5.62. The highest BCUT2D eigenvalue weighted by molar-refractivity contribution is 5.55. The lowest BCUT2D eigenvalue weighted by molar-refractivity contribution is 0.608. The number of anilines is 1. The fraction of sp³-hybridized carbons (Fsp3) is 0.462. The molecule has 0 aliphatic heterocycles. The second kappa shape index (κ2) is 5.65. The molecule has 1 aromatic carbocycles. The highest BCUT2D eigenvalue weighted by Crippen LogP contribution is 2.27. The van der Waals surface area contributed by atoms with Gasteiger partial charge in [-0.2, -0.15) is 5.26 Å². The van der Waals surface area contributed by atoms with Crippen molar-refractivity contribution in [2.45, 2.75) is 19.9 Å². The van der Waals surface area contributed by atoms with Crippen molar-refractivity contribution in [3.8, 4) is 6.07 Å². The monoisotopic (exact) mass is 235 g/mol. The number of rotatable bonds is 4. The van der Waals surface area contributed by atoms with E-state index in [1.807, 2.05) is 19.9 Å². The van der Waals surface area contributed by atoms with Gasteiger partial charge in [0.1, 0.15) is 5.82 Å². The quantitative estimate of drug-likeness (QED) is 0.872. The number of benzene rings is 1. The summed E-state index contributed by atoms with van der Waals surface area (Å²) in [6, 6.07) is 6.78. The Morgan fingerprint density at radius 3 is 2.65 bits per heavy atom. The van der Waals surface area contributed by atoms with Crippen LogP contribution in [0, 0.1) is 23.1 Å². The predicted octanol–water partition coefficient (Wildman–Crippen LogP) is 2.44. The molecule has 2 atom stereocenters. The summed E-state index contributed by atoms with van der Waals surface area (Å²) in [5.74, 6) is -0.451. The molecule has 1 unspecified atom stereocenters. The van der Waals surface area contributed by atoms with Crippen LogP contribution in [0.1, 0.15) is 25.5 Å². The Morgan fingerprint density at radius 1 is 1.47 bits per heavy atom. The van der Waals surface area contributed by atoms with E-state index in [-0.39, 0.29) is 17.8 Å². The second-order valence-electron chi connectivity index (χ2n) is 4.38. The highest BCUT2D eigenvalue weighted by atomic mass is 19.1. The van der Waals surface area contributed by atoms with Crippen LogP contribution < -0.4 is 10.6 Å². The van der Waals surface area contributed by atoms with Gasteiger partial charge in [0, 0.05) is 19.6 Å². The van der Waals surface area contributed by atoms with Crippen molar-refractivity contribution in [1.29, 1.82) is 5.26 Å². The first kappa shape index (κ1) is 13.5. The van der Waals surface area contributed by atoms with Gasteiger partial charge in [-0.05, 0) is 25.5 Å². The van der Waals surface area contributed by atoms with Gasteiger partial charge in [-0.3, -0.25) is 0 Å². The van der Waals surface area contributed by atoms with Crippen LogP contribution in [-0.4, -0.2) is 13.6 Å². The van der Waals surface area contributed by atoms with E-state index in [0.29, 0.717) is 12.2 Å². The molecule has 0 fully saturated rings.